The summed E-state index contributed by atoms with van der Waals surface area (Å²) in [5, 5.41) is 0. The van der Waals surface area contributed by atoms with E-state index in [0.29, 0.717) is 6.61 Å². The van der Waals surface area contributed by atoms with Crippen LogP contribution in [0.5, 0.6) is 0 Å². The summed E-state index contributed by atoms with van der Waals surface area (Å²) >= 11 is 0. The Morgan fingerprint density at radius 1 is 1.13 bits per heavy atom. The lowest BCUT2D eigenvalue weighted by atomic mass is 10.1. The number of unbranched alkanes of at least 4 members (excludes halogenated alkanes) is 6. The highest BCUT2D eigenvalue weighted by molar-refractivity contribution is 5.60. The summed E-state index contributed by atoms with van der Waals surface area (Å²) < 4.78 is 9.18. The van der Waals surface area contributed by atoms with Gasteiger partial charge in [0, 0.05) is 0 Å². The lowest BCUT2D eigenvalue weighted by molar-refractivity contribution is 0.0833. The molecule has 0 spiro atoms. The Labute approximate surface area is 92.5 Å². The van der Waals surface area contributed by atoms with Crippen LogP contribution in [0.25, 0.3) is 0 Å². The summed E-state index contributed by atoms with van der Waals surface area (Å²) in [5.74, 6) is 0. The molecule has 0 aromatic rings. The fourth-order valence-corrected chi connectivity index (χ4v) is 1.32. The van der Waals surface area contributed by atoms with E-state index in [1.807, 2.05) is 0 Å². The molecule has 0 atom stereocenters. The zero-order valence-electron chi connectivity index (χ0n) is 9.67. The second-order valence-electron chi connectivity index (χ2n) is 3.50. The monoisotopic (exact) mass is 214 g/mol. The van der Waals surface area contributed by atoms with E-state index in [2.05, 4.69) is 18.2 Å². The van der Waals surface area contributed by atoms with Crippen molar-refractivity contribution in [2.75, 3.05) is 6.61 Å². The summed E-state index contributed by atoms with van der Waals surface area (Å²) in [7, 11) is 0. The van der Waals surface area contributed by atoms with Crippen LogP contribution >= 0.6 is 0 Å². The zero-order valence-corrected chi connectivity index (χ0v) is 9.67. The molecule has 0 aliphatic heterocycles. The van der Waals surface area contributed by atoms with Crippen molar-refractivity contribution >= 4 is 6.16 Å². The topological polar surface area (TPSA) is 35.5 Å². The molecule has 0 N–H and O–H groups in total. The molecule has 0 aromatic heterocycles. The maximum Gasteiger partial charge on any atom is 0.513 e. The SMILES string of the molecule is C=COC(=O)OCCCCCCCCC. The van der Waals surface area contributed by atoms with Gasteiger partial charge in [-0.25, -0.2) is 4.79 Å². The van der Waals surface area contributed by atoms with Crippen LogP contribution in [0.4, 0.5) is 4.79 Å². The van der Waals surface area contributed by atoms with Crippen LogP contribution in [0.3, 0.4) is 0 Å². The number of carbonyl (C=O) groups is 1. The molecular weight excluding hydrogens is 192 g/mol. The number of hydrogen-bond acceptors (Lipinski definition) is 3. The summed E-state index contributed by atoms with van der Waals surface area (Å²) in [6, 6.07) is 0. The summed E-state index contributed by atoms with van der Waals surface area (Å²) in [6.07, 6.45) is 8.87. The molecule has 0 saturated heterocycles. The summed E-state index contributed by atoms with van der Waals surface area (Å²) in [5.41, 5.74) is 0. The second-order valence-corrected chi connectivity index (χ2v) is 3.50. The van der Waals surface area contributed by atoms with Gasteiger partial charge in [-0.2, -0.15) is 0 Å². The third-order valence-corrected chi connectivity index (χ3v) is 2.15. The Morgan fingerprint density at radius 3 is 2.33 bits per heavy atom. The van der Waals surface area contributed by atoms with Crippen molar-refractivity contribution in [2.24, 2.45) is 0 Å². The third kappa shape index (κ3) is 10.9. The molecule has 0 saturated carbocycles. The standard InChI is InChI=1S/C12H22O3/c1-3-5-6-7-8-9-10-11-15-12(13)14-4-2/h4H,2-3,5-11H2,1H3. The minimum absolute atomic E-state index is 0.445. The van der Waals surface area contributed by atoms with E-state index in [1.54, 1.807) is 0 Å². The molecule has 0 aliphatic carbocycles. The van der Waals surface area contributed by atoms with Crippen LogP contribution in [-0.4, -0.2) is 12.8 Å². The van der Waals surface area contributed by atoms with E-state index in [9.17, 15) is 4.79 Å². The Kier molecular flexibility index (Phi) is 10.4. The van der Waals surface area contributed by atoms with Crippen molar-refractivity contribution < 1.29 is 14.3 Å². The van der Waals surface area contributed by atoms with Crippen LogP contribution in [0.2, 0.25) is 0 Å². The van der Waals surface area contributed by atoms with Gasteiger partial charge in [0.1, 0.15) is 0 Å². The van der Waals surface area contributed by atoms with E-state index in [4.69, 9.17) is 4.74 Å². The van der Waals surface area contributed by atoms with E-state index in [-0.39, 0.29) is 0 Å². The van der Waals surface area contributed by atoms with E-state index < -0.39 is 6.16 Å². The Hall–Kier alpha value is -0.990. The van der Waals surface area contributed by atoms with Gasteiger partial charge >= 0.3 is 6.16 Å². The van der Waals surface area contributed by atoms with E-state index >= 15 is 0 Å². The van der Waals surface area contributed by atoms with E-state index in [1.165, 1.54) is 32.1 Å². The average molecular weight is 214 g/mol. The number of rotatable bonds is 9. The molecular formula is C12H22O3. The maximum absolute atomic E-state index is 10.7. The van der Waals surface area contributed by atoms with Crippen LogP contribution in [0.1, 0.15) is 51.9 Å². The Bertz CT molecular complexity index is 166. The highest BCUT2D eigenvalue weighted by atomic mass is 16.7. The first kappa shape index (κ1) is 14.0. The molecule has 0 radical (unpaired) electrons. The first-order valence-corrected chi connectivity index (χ1v) is 5.75. The molecule has 0 bridgehead atoms. The zero-order chi connectivity index (χ0) is 11.4. The van der Waals surface area contributed by atoms with Crippen LogP contribution in [0.15, 0.2) is 12.8 Å². The van der Waals surface area contributed by atoms with Crippen molar-refractivity contribution in [1.82, 2.24) is 0 Å². The first-order valence-electron chi connectivity index (χ1n) is 5.75. The molecule has 0 amide bonds. The van der Waals surface area contributed by atoms with Crippen molar-refractivity contribution in [2.45, 2.75) is 51.9 Å². The minimum atomic E-state index is -0.656. The largest absolute Gasteiger partial charge is 0.513 e. The Morgan fingerprint density at radius 2 is 1.73 bits per heavy atom. The van der Waals surface area contributed by atoms with Crippen molar-refractivity contribution in [3.8, 4) is 0 Å². The fourth-order valence-electron chi connectivity index (χ4n) is 1.32. The van der Waals surface area contributed by atoms with Gasteiger partial charge in [-0.15, -0.1) is 0 Å². The molecule has 3 heteroatoms. The van der Waals surface area contributed by atoms with Gasteiger partial charge in [0.2, 0.25) is 0 Å². The highest BCUT2D eigenvalue weighted by Gasteiger charge is 1.99. The Balaban J connectivity index is 3.04. The van der Waals surface area contributed by atoms with E-state index in [0.717, 1.165) is 19.1 Å². The lowest BCUT2D eigenvalue weighted by Crippen LogP contribution is -2.04. The molecule has 0 unspecified atom stereocenters. The first-order chi connectivity index (χ1) is 7.31. The summed E-state index contributed by atoms with van der Waals surface area (Å²) in [4.78, 5) is 10.7. The number of hydrogen-bond donors (Lipinski definition) is 0. The predicted molar refractivity (Wildman–Crippen MR) is 60.6 cm³/mol. The molecule has 3 nitrogen and oxygen atoms in total. The number of ether oxygens (including phenoxy) is 2. The average Bonchev–Trinajstić information content (AvgIpc) is 2.22. The molecule has 88 valence electrons. The predicted octanol–water partition coefficient (Wildman–Crippen LogP) is 4.03. The molecule has 15 heavy (non-hydrogen) atoms. The molecule has 0 aliphatic rings. The van der Waals surface area contributed by atoms with Gasteiger partial charge in [-0.1, -0.05) is 52.0 Å². The molecule has 0 fully saturated rings. The number of carbonyl (C=O) groups excluding carboxylic acids is 1. The minimum Gasteiger partial charge on any atom is -0.434 e. The van der Waals surface area contributed by atoms with Crippen LogP contribution in [0, 0.1) is 0 Å². The fraction of sp³-hybridized carbons (Fsp3) is 0.750. The van der Waals surface area contributed by atoms with Crippen molar-refractivity contribution in [3.05, 3.63) is 12.8 Å². The third-order valence-electron chi connectivity index (χ3n) is 2.15. The van der Waals surface area contributed by atoms with Gasteiger partial charge in [0.15, 0.2) is 0 Å². The molecule has 0 rings (SSSR count). The molecule has 0 aromatic carbocycles. The highest BCUT2D eigenvalue weighted by Crippen LogP contribution is 2.06. The smallest absolute Gasteiger partial charge is 0.434 e. The normalized spacial score (nSPS) is 9.67. The van der Waals surface area contributed by atoms with Gasteiger partial charge in [-0.3, -0.25) is 0 Å². The lowest BCUT2D eigenvalue weighted by Gasteiger charge is -2.02. The quantitative estimate of drug-likeness (QED) is 0.330. The van der Waals surface area contributed by atoms with Crippen molar-refractivity contribution in [1.29, 1.82) is 0 Å². The van der Waals surface area contributed by atoms with Crippen LogP contribution < -0.4 is 0 Å². The van der Waals surface area contributed by atoms with Gasteiger partial charge in [-0.05, 0) is 6.42 Å². The van der Waals surface area contributed by atoms with Gasteiger partial charge in [0.05, 0.1) is 12.9 Å². The van der Waals surface area contributed by atoms with Crippen LogP contribution in [-0.2, 0) is 9.47 Å². The van der Waals surface area contributed by atoms with Gasteiger partial charge in [0.25, 0.3) is 0 Å². The summed E-state index contributed by atoms with van der Waals surface area (Å²) in [6.45, 7) is 5.92. The molecule has 0 heterocycles. The second kappa shape index (κ2) is 11.1. The van der Waals surface area contributed by atoms with Gasteiger partial charge < -0.3 is 9.47 Å². The van der Waals surface area contributed by atoms with Crippen molar-refractivity contribution in [3.63, 3.8) is 0 Å². The maximum atomic E-state index is 10.7.